The van der Waals surface area contributed by atoms with Crippen molar-refractivity contribution in [2.45, 2.75) is 39.5 Å². The Bertz CT molecular complexity index is 1120. The lowest BCUT2D eigenvalue weighted by Gasteiger charge is -2.11. The van der Waals surface area contributed by atoms with Crippen molar-refractivity contribution < 1.29 is 9.59 Å². The lowest BCUT2D eigenvalue weighted by atomic mass is 10.0. The number of nitrogens with two attached hydrogens (primary N) is 4. The van der Waals surface area contributed by atoms with Crippen molar-refractivity contribution in [1.29, 1.82) is 0 Å². The highest BCUT2D eigenvalue weighted by Crippen LogP contribution is 2.18. The van der Waals surface area contributed by atoms with Gasteiger partial charge in [-0.3, -0.25) is 4.79 Å². The second kappa shape index (κ2) is 13.2. The smallest absolute Gasteiger partial charge is 0.224 e. The fraction of sp³-hybridized carbons (Fsp3) is 0.250. The van der Waals surface area contributed by atoms with Crippen molar-refractivity contribution in [3.8, 4) is 0 Å². The second-order valence-electron chi connectivity index (χ2n) is 7.79. The summed E-state index contributed by atoms with van der Waals surface area (Å²) in [7, 11) is 0. The summed E-state index contributed by atoms with van der Waals surface area (Å²) in [5, 5.41) is 18.3. The largest absolute Gasteiger partial charge is 0.369 e. The highest BCUT2D eigenvalue weighted by Gasteiger charge is 2.10. The Morgan fingerprint density at radius 2 is 1.37 bits per heavy atom. The number of anilines is 1. The number of hydrogen-bond acceptors (Lipinski definition) is 6. The molecule has 2 aromatic carbocycles. The van der Waals surface area contributed by atoms with E-state index in [0.717, 1.165) is 17.4 Å². The number of nitrogens with zero attached hydrogens (tertiary/aromatic N) is 4. The zero-order chi connectivity index (χ0) is 25.8. The molecule has 0 heterocycles. The highest BCUT2D eigenvalue weighted by atomic mass is 16.1. The zero-order valence-electron chi connectivity index (χ0n) is 19.9. The highest BCUT2D eigenvalue weighted by molar-refractivity contribution is 6.06. The fourth-order valence-electron chi connectivity index (χ4n) is 3.15. The Kier molecular flexibility index (Phi) is 10.1. The molecule has 1 amide bonds. The van der Waals surface area contributed by atoms with Gasteiger partial charge in [0.2, 0.25) is 17.8 Å². The topological polar surface area (TPSA) is 200 Å². The minimum atomic E-state index is -0.172. The van der Waals surface area contributed by atoms with Gasteiger partial charge in [0.15, 0.2) is 0 Å². The standard InChI is InChI=1S/C24H31N9O2/c1-15(30-32-23(25)26)19-12-20(16(2)31-33-24(27)28)14-21(13-19)29-22(35)9-8-18-6-3-5-17(11-18)7-4-10-34/h3,5-6,10-14H,4,7-9H2,1-2H3,(H,29,35)(H4,25,26,32)(H4,27,28,33)/b30-15+,31-16+. The Hall–Kier alpha value is -4.54. The van der Waals surface area contributed by atoms with Crippen molar-refractivity contribution in [1.82, 2.24) is 0 Å². The van der Waals surface area contributed by atoms with Crippen LogP contribution in [-0.4, -0.2) is 35.5 Å². The van der Waals surface area contributed by atoms with E-state index in [9.17, 15) is 9.59 Å². The molecule has 11 nitrogen and oxygen atoms in total. The summed E-state index contributed by atoms with van der Waals surface area (Å²) in [5.41, 5.74) is 26.5. The molecule has 0 aliphatic carbocycles. The van der Waals surface area contributed by atoms with Crippen LogP contribution in [0, 0.1) is 0 Å². The average molecular weight is 478 g/mol. The third kappa shape index (κ3) is 9.46. The van der Waals surface area contributed by atoms with Crippen molar-refractivity contribution in [3.63, 3.8) is 0 Å². The van der Waals surface area contributed by atoms with Gasteiger partial charge in [0.25, 0.3) is 0 Å². The summed E-state index contributed by atoms with van der Waals surface area (Å²) in [4.78, 5) is 23.3. The first-order chi connectivity index (χ1) is 16.7. The molecule has 0 atom stereocenters. The van der Waals surface area contributed by atoms with Gasteiger partial charge in [0, 0.05) is 29.7 Å². The van der Waals surface area contributed by atoms with Crippen molar-refractivity contribution >= 4 is 41.2 Å². The summed E-state index contributed by atoms with van der Waals surface area (Å²) in [6.07, 6.45) is 2.89. The van der Waals surface area contributed by atoms with Gasteiger partial charge in [-0.15, -0.1) is 10.2 Å². The van der Waals surface area contributed by atoms with Crippen LogP contribution in [0.3, 0.4) is 0 Å². The summed E-state index contributed by atoms with van der Waals surface area (Å²) >= 11 is 0. The first kappa shape index (κ1) is 26.7. The van der Waals surface area contributed by atoms with Crippen LogP contribution >= 0.6 is 0 Å². The summed E-state index contributed by atoms with van der Waals surface area (Å²) in [6.45, 7) is 3.47. The number of nitrogens with one attached hydrogen (secondary N) is 1. The minimum Gasteiger partial charge on any atom is -0.369 e. The maximum Gasteiger partial charge on any atom is 0.224 e. The fourth-order valence-corrected chi connectivity index (χ4v) is 3.15. The molecule has 0 unspecified atom stereocenters. The molecule has 0 fully saturated rings. The van der Waals surface area contributed by atoms with Crippen molar-refractivity contribution in [2.75, 3.05) is 5.32 Å². The normalized spacial score (nSPS) is 11.5. The molecule has 0 spiro atoms. The van der Waals surface area contributed by atoms with E-state index >= 15 is 0 Å². The number of carbonyl (C=O) groups excluding carboxylic acids is 2. The van der Waals surface area contributed by atoms with E-state index in [1.165, 1.54) is 0 Å². The van der Waals surface area contributed by atoms with Crippen LogP contribution in [0.1, 0.15) is 48.9 Å². The molecule has 2 aromatic rings. The first-order valence-corrected chi connectivity index (χ1v) is 10.9. The number of aldehydes is 1. The molecule has 0 saturated heterocycles. The van der Waals surface area contributed by atoms with E-state index in [0.29, 0.717) is 47.5 Å². The monoisotopic (exact) mass is 477 g/mol. The molecule has 0 saturated carbocycles. The number of carbonyl (C=O) groups is 2. The molecule has 0 radical (unpaired) electrons. The molecule has 0 aromatic heterocycles. The molecule has 0 aliphatic rings. The van der Waals surface area contributed by atoms with Crippen LogP contribution in [0.15, 0.2) is 62.9 Å². The van der Waals surface area contributed by atoms with E-state index in [4.69, 9.17) is 22.9 Å². The van der Waals surface area contributed by atoms with Gasteiger partial charge in [-0.25, -0.2) is 0 Å². The Balaban J connectivity index is 2.24. The molecular formula is C24H31N9O2. The quantitative estimate of drug-likeness (QED) is 0.140. The number of amides is 1. The first-order valence-electron chi connectivity index (χ1n) is 10.9. The maximum absolute atomic E-state index is 12.7. The van der Waals surface area contributed by atoms with Gasteiger partial charge in [0.05, 0.1) is 11.4 Å². The molecule has 0 bridgehead atoms. The van der Waals surface area contributed by atoms with E-state index in [2.05, 4.69) is 25.7 Å². The van der Waals surface area contributed by atoms with Crippen LogP contribution < -0.4 is 28.3 Å². The van der Waals surface area contributed by atoms with E-state index < -0.39 is 0 Å². The van der Waals surface area contributed by atoms with Crippen LogP contribution in [0.25, 0.3) is 0 Å². The van der Waals surface area contributed by atoms with Gasteiger partial charge in [-0.1, -0.05) is 24.3 Å². The molecule has 0 aliphatic heterocycles. The van der Waals surface area contributed by atoms with Crippen molar-refractivity contribution in [3.05, 3.63) is 64.7 Å². The lowest BCUT2D eigenvalue weighted by molar-refractivity contribution is -0.116. The number of benzene rings is 2. The minimum absolute atomic E-state index is 0.163. The number of aryl methyl sites for hydroxylation is 2. The predicted molar refractivity (Wildman–Crippen MR) is 140 cm³/mol. The second-order valence-corrected chi connectivity index (χ2v) is 7.79. The molecule has 35 heavy (non-hydrogen) atoms. The van der Waals surface area contributed by atoms with Crippen LogP contribution in [0.5, 0.6) is 0 Å². The van der Waals surface area contributed by atoms with Gasteiger partial charge in [-0.2, -0.15) is 10.2 Å². The van der Waals surface area contributed by atoms with E-state index in [-0.39, 0.29) is 24.2 Å². The zero-order valence-corrected chi connectivity index (χ0v) is 19.9. The Morgan fingerprint density at radius 3 is 1.89 bits per heavy atom. The van der Waals surface area contributed by atoms with Crippen LogP contribution in [0.2, 0.25) is 0 Å². The predicted octanol–water partition coefficient (Wildman–Crippen LogP) is 1.38. The van der Waals surface area contributed by atoms with Crippen molar-refractivity contribution in [2.24, 2.45) is 43.3 Å². The molecule has 11 heteroatoms. The van der Waals surface area contributed by atoms with Gasteiger partial charge in [-0.05, 0) is 56.0 Å². The van der Waals surface area contributed by atoms with Gasteiger partial charge < -0.3 is 33.0 Å². The number of hydrogen-bond donors (Lipinski definition) is 5. The number of rotatable bonds is 11. The van der Waals surface area contributed by atoms with E-state index in [1.807, 2.05) is 30.3 Å². The molecule has 184 valence electrons. The Labute approximate surface area is 204 Å². The average Bonchev–Trinajstić information content (AvgIpc) is 2.83. The SMILES string of the molecule is C/C(=N\N=C(N)N)c1cc(NC(=O)CCc2cccc(CCC=O)c2)cc(/C(C)=N/N=C(N)N)c1. The maximum atomic E-state index is 12.7. The van der Waals surface area contributed by atoms with Gasteiger partial charge in [0.1, 0.15) is 6.29 Å². The third-order valence-electron chi connectivity index (χ3n) is 4.87. The van der Waals surface area contributed by atoms with Gasteiger partial charge >= 0.3 is 0 Å². The third-order valence-corrected chi connectivity index (χ3v) is 4.87. The van der Waals surface area contributed by atoms with Crippen LogP contribution in [0.4, 0.5) is 5.69 Å². The summed E-state index contributed by atoms with van der Waals surface area (Å²) in [6, 6.07) is 13.2. The summed E-state index contributed by atoms with van der Waals surface area (Å²) < 4.78 is 0. The molecule has 9 N–H and O–H groups in total. The summed E-state index contributed by atoms with van der Waals surface area (Å²) in [5.74, 6) is -0.506. The molecule has 2 rings (SSSR count). The number of guanidine groups is 2. The molecular weight excluding hydrogens is 446 g/mol. The Morgan fingerprint density at radius 1 is 0.829 bits per heavy atom. The lowest BCUT2D eigenvalue weighted by Crippen LogP contribution is -2.22. The van der Waals surface area contributed by atoms with Crippen LogP contribution in [-0.2, 0) is 22.4 Å². The van der Waals surface area contributed by atoms with E-state index in [1.54, 1.807) is 26.0 Å².